The standard InChI is InChI=1S/C18H15FN4O3/c19-14-6-2-1-5-13(14)15-11-21-17(26-15)8-7-16(24)22-23-18(25)12-4-3-9-20-10-12/h1-6,9-11H,7-8H2,(H,22,24)(H,23,25). The molecule has 0 aliphatic heterocycles. The van der Waals surface area contributed by atoms with E-state index >= 15 is 0 Å². The Labute approximate surface area is 148 Å². The molecule has 7 nitrogen and oxygen atoms in total. The molecule has 3 rings (SSSR count). The molecule has 0 aliphatic carbocycles. The zero-order valence-corrected chi connectivity index (χ0v) is 13.6. The van der Waals surface area contributed by atoms with Gasteiger partial charge in [-0.25, -0.2) is 9.37 Å². The topological polar surface area (TPSA) is 97.1 Å². The highest BCUT2D eigenvalue weighted by molar-refractivity contribution is 5.95. The number of oxazole rings is 1. The fourth-order valence-electron chi connectivity index (χ4n) is 2.19. The lowest BCUT2D eigenvalue weighted by molar-refractivity contribution is -0.121. The molecule has 0 saturated carbocycles. The number of pyridine rings is 1. The maximum absolute atomic E-state index is 13.7. The number of aromatic nitrogens is 2. The van der Waals surface area contributed by atoms with Gasteiger partial charge in [0.1, 0.15) is 5.82 Å². The first-order valence-electron chi connectivity index (χ1n) is 7.82. The molecule has 0 atom stereocenters. The summed E-state index contributed by atoms with van der Waals surface area (Å²) in [5, 5.41) is 0. The fraction of sp³-hybridized carbons (Fsp3) is 0.111. The molecule has 0 bridgehead atoms. The van der Waals surface area contributed by atoms with Crippen LogP contribution in [0.25, 0.3) is 11.3 Å². The molecular formula is C18H15FN4O3. The molecular weight excluding hydrogens is 339 g/mol. The van der Waals surface area contributed by atoms with E-state index in [-0.39, 0.29) is 12.8 Å². The number of benzene rings is 1. The summed E-state index contributed by atoms with van der Waals surface area (Å²) in [5.41, 5.74) is 5.23. The molecule has 2 N–H and O–H groups in total. The molecule has 2 amide bonds. The van der Waals surface area contributed by atoms with Crippen molar-refractivity contribution in [1.29, 1.82) is 0 Å². The van der Waals surface area contributed by atoms with Crippen molar-refractivity contribution in [3.8, 4) is 11.3 Å². The summed E-state index contributed by atoms with van der Waals surface area (Å²) in [7, 11) is 0. The van der Waals surface area contributed by atoms with Gasteiger partial charge < -0.3 is 4.42 Å². The Morgan fingerprint density at radius 2 is 1.92 bits per heavy atom. The molecule has 0 spiro atoms. The predicted molar refractivity (Wildman–Crippen MR) is 90.1 cm³/mol. The van der Waals surface area contributed by atoms with Crippen LogP contribution in [-0.2, 0) is 11.2 Å². The summed E-state index contributed by atoms with van der Waals surface area (Å²) < 4.78 is 19.2. The van der Waals surface area contributed by atoms with Crippen molar-refractivity contribution >= 4 is 11.8 Å². The number of hydrogen-bond acceptors (Lipinski definition) is 5. The van der Waals surface area contributed by atoms with E-state index in [1.807, 2.05) is 0 Å². The molecule has 0 radical (unpaired) electrons. The number of halogens is 1. The van der Waals surface area contributed by atoms with Gasteiger partial charge >= 0.3 is 0 Å². The highest BCUT2D eigenvalue weighted by Gasteiger charge is 2.12. The van der Waals surface area contributed by atoms with Crippen LogP contribution in [0.2, 0.25) is 0 Å². The zero-order chi connectivity index (χ0) is 18.4. The number of aryl methyl sites for hydroxylation is 1. The van der Waals surface area contributed by atoms with Crippen LogP contribution in [0.4, 0.5) is 4.39 Å². The average molecular weight is 354 g/mol. The number of nitrogens with one attached hydrogen (secondary N) is 2. The van der Waals surface area contributed by atoms with Crippen LogP contribution in [-0.4, -0.2) is 21.8 Å². The molecule has 0 aliphatic rings. The van der Waals surface area contributed by atoms with E-state index in [1.165, 1.54) is 18.5 Å². The minimum Gasteiger partial charge on any atom is -0.441 e. The first kappa shape index (κ1) is 17.3. The molecule has 2 heterocycles. The number of carbonyl (C=O) groups is 2. The normalized spacial score (nSPS) is 10.3. The minimum atomic E-state index is -0.468. The van der Waals surface area contributed by atoms with Crippen molar-refractivity contribution in [3.05, 3.63) is 72.3 Å². The Bertz CT molecular complexity index is 912. The average Bonchev–Trinajstić information content (AvgIpc) is 3.14. The molecule has 3 aromatic rings. The van der Waals surface area contributed by atoms with Gasteiger partial charge in [-0.2, -0.15) is 0 Å². The minimum absolute atomic E-state index is 0.0462. The summed E-state index contributed by atoms with van der Waals surface area (Å²) in [5.74, 6) is -0.691. The number of carbonyl (C=O) groups excluding carboxylic acids is 2. The zero-order valence-electron chi connectivity index (χ0n) is 13.6. The van der Waals surface area contributed by atoms with E-state index < -0.39 is 17.6 Å². The predicted octanol–water partition coefficient (Wildman–Crippen LogP) is 2.27. The van der Waals surface area contributed by atoms with Gasteiger partial charge in [-0.15, -0.1) is 0 Å². The van der Waals surface area contributed by atoms with E-state index in [1.54, 1.807) is 36.5 Å². The van der Waals surface area contributed by atoms with Crippen LogP contribution in [0.1, 0.15) is 22.7 Å². The van der Waals surface area contributed by atoms with Gasteiger partial charge in [0.25, 0.3) is 5.91 Å². The molecule has 0 unspecified atom stereocenters. The summed E-state index contributed by atoms with van der Waals surface area (Å²) in [6.07, 6.45) is 4.60. The van der Waals surface area contributed by atoms with Crippen LogP contribution in [0.5, 0.6) is 0 Å². The number of rotatable bonds is 5. The van der Waals surface area contributed by atoms with Crippen molar-refractivity contribution in [2.24, 2.45) is 0 Å². The number of hydrogen-bond donors (Lipinski definition) is 2. The van der Waals surface area contributed by atoms with Crippen LogP contribution in [0.3, 0.4) is 0 Å². The van der Waals surface area contributed by atoms with Crippen LogP contribution in [0.15, 0.2) is 59.4 Å². The van der Waals surface area contributed by atoms with Crippen molar-refractivity contribution in [2.75, 3.05) is 0 Å². The van der Waals surface area contributed by atoms with Crippen LogP contribution in [0, 0.1) is 5.82 Å². The summed E-state index contributed by atoms with van der Waals surface area (Å²) in [6, 6.07) is 9.38. The highest BCUT2D eigenvalue weighted by atomic mass is 19.1. The quantitative estimate of drug-likeness (QED) is 0.685. The maximum Gasteiger partial charge on any atom is 0.271 e. The largest absolute Gasteiger partial charge is 0.441 e. The van der Waals surface area contributed by atoms with Gasteiger partial charge in [0.2, 0.25) is 5.91 Å². The summed E-state index contributed by atoms with van der Waals surface area (Å²) >= 11 is 0. The summed E-state index contributed by atoms with van der Waals surface area (Å²) in [4.78, 5) is 31.5. The smallest absolute Gasteiger partial charge is 0.271 e. The molecule has 0 saturated heterocycles. The van der Waals surface area contributed by atoms with Gasteiger partial charge in [0.05, 0.1) is 17.3 Å². The van der Waals surface area contributed by atoms with Crippen molar-refractivity contribution in [3.63, 3.8) is 0 Å². The van der Waals surface area contributed by atoms with Gasteiger partial charge in [-0.1, -0.05) is 12.1 Å². The number of hydrazine groups is 1. The second kappa shape index (κ2) is 8.02. The second-order valence-electron chi connectivity index (χ2n) is 5.34. The molecule has 1 aromatic carbocycles. The highest BCUT2D eigenvalue weighted by Crippen LogP contribution is 2.23. The SMILES string of the molecule is O=C(CCc1ncc(-c2ccccc2F)o1)NNC(=O)c1cccnc1. The monoisotopic (exact) mass is 354 g/mol. The summed E-state index contributed by atoms with van der Waals surface area (Å²) in [6.45, 7) is 0. The van der Waals surface area contributed by atoms with Gasteiger partial charge in [-0.3, -0.25) is 25.4 Å². The molecule has 0 fully saturated rings. The van der Waals surface area contributed by atoms with E-state index in [2.05, 4.69) is 20.8 Å². The third-order valence-corrected chi connectivity index (χ3v) is 3.50. The second-order valence-corrected chi connectivity index (χ2v) is 5.34. The molecule has 8 heteroatoms. The van der Waals surface area contributed by atoms with Crippen molar-refractivity contribution in [1.82, 2.24) is 20.8 Å². The third-order valence-electron chi connectivity index (χ3n) is 3.50. The Morgan fingerprint density at radius 1 is 1.08 bits per heavy atom. The Hall–Kier alpha value is -3.55. The van der Waals surface area contributed by atoms with E-state index in [0.717, 1.165) is 0 Å². The first-order chi connectivity index (χ1) is 12.6. The van der Waals surface area contributed by atoms with Crippen LogP contribution >= 0.6 is 0 Å². The Kier molecular flexibility index (Phi) is 5.33. The fourth-order valence-corrected chi connectivity index (χ4v) is 2.19. The van der Waals surface area contributed by atoms with Crippen molar-refractivity contribution in [2.45, 2.75) is 12.8 Å². The van der Waals surface area contributed by atoms with Gasteiger partial charge in [-0.05, 0) is 24.3 Å². The van der Waals surface area contributed by atoms with E-state index in [4.69, 9.17) is 4.42 Å². The first-order valence-corrected chi connectivity index (χ1v) is 7.82. The number of nitrogens with zero attached hydrogens (tertiary/aromatic N) is 2. The number of amides is 2. The van der Waals surface area contributed by atoms with E-state index in [0.29, 0.717) is 22.8 Å². The molecule has 26 heavy (non-hydrogen) atoms. The van der Waals surface area contributed by atoms with Crippen LogP contribution < -0.4 is 10.9 Å². The van der Waals surface area contributed by atoms with Gasteiger partial charge in [0.15, 0.2) is 11.7 Å². The van der Waals surface area contributed by atoms with E-state index in [9.17, 15) is 14.0 Å². The van der Waals surface area contributed by atoms with Gasteiger partial charge in [0, 0.05) is 25.2 Å². The Morgan fingerprint density at radius 3 is 2.69 bits per heavy atom. The Balaban J connectivity index is 1.49. The lowest BCUT2D eigenvalue weighted by Crippen LogP contribution is -2.41. The third kappa shape index (κ3) is 4.29. The maximum atomic E-state index is 13.7. The molecule has 2 aromatic heterocycles. The molecule has 132 valence electrons. The lowest BCUT2D eigenvalue weighted by Gasteiger charge is -2.06. The van der Waals surface area contributed by atoms with Crippen molar-refractivity contribution < 1.29 is 18.4 Å². The lowest BCUT2D eigenvalue weighted by atomic mass is 10.2.